The molecular weight excluding hydrogens is 460 g/mol. The SMILES string of the molecule is CN(C)c1ccc(N2C(=S)N[C@@H](c3ccccn3)[C@H]2c2ccc(-c3ccccc3C(=O)O)o2)cc1. The molecule has 4 aromatic rings. The van der Waals surface area contributed by atoms with Gasteiger partial charge in [-0.1, -0.05) is 24.3 Å². The van der Waals surface area contributed by atoms with Crippen molar-refractivity contribution in [1.82, 2.24) is 10.3 Å². The zero-order valence-electron chi connectivity index (χ0n) is 19.3. The fourth-order valence-corrected chi connectivity index (χ4v) is 4.72. The Morgan fingerprint density at radius 1 is 1.03 bits per heavy atom. The maximum absolute atomic E-state index is 11.8. The molecule has 1 saturated heterocycles. The van der Waals surface area contributed by atoms with Gasteiger partial charge in [-0.3, -0.25) is 4.98 Å². The highest BCUT2D eigenvalue weighted by atomic mass is 32.1. The highest BCUT2D eigenvalue weighted by Gasteiger charge is 2.42. The second-order valence-electron chi connectivity index (χ2n) is 8.46. The van der Waals surface area contributed by atoms with Crippen LogP contribution in [0.5, 0.6) is 0 Å². The van der Waals surface area contributed by atoms with Crippen molar-refractivity contribution < 1.29 is 14.3 Å². The van der Waals surface area contributed by atoms with Crippen LogP contribution in [0, 0.1) is 0 Å². The van der Waals surface area contributed by atoms with E-state index in [4.69, 9.17) is 16.6 Å². The number of rotatable bonds is 6. The van der Waals surface area contributed by atoms with E-state index in [0.717, 1.165) is 17.1 Å². The van der Waals surface area contributed by atoms with Crippen LogP contribution in [0.3, 0.4) is 0 Å². The van der Waals surface area contributed by atoms with E-state index in [-0.39, 0.29) is 17.6 Å². The molecule has 8 heteroatoms. The zero-order chi connectivity index (χ0) is 24.5. The molecule has 0 aliphatic carbocycles. The molecule has 35 heavy (non-hydrogen) atoms. The number of aromatic nitrogens is 1. The van der Waals surface area contributed by atoms with Gasteiger partial charge in [-0.2, -0.15) is 0 Å². The van der Waals surface area contributed by atoms with Crippen LogP contribution in [-0.4, -0.2) is 35.3 Å². The average Bonchev–Trinajstić information content (AvgIpc) is 3.49. The van der Waals surface area contributed by atoms with Gasteiger partial charge in [-0.25, -0.2) is 4.79 Å². The summed E-state index contributed by atoms with van der Waals surface area (Å²) in [5.74, 6) is 0.134. The van der Waals surface area contributed by atoms with Gasteiger partial charge in [0, 0.05) is 37.2 Å². The number of furan rings is 1. The molecule has 0 spiro atoms. The number of carbonyl (C=O) groups is 1. The van der Waals surface area contributed by atoms with Crippen molar-refractivity contribution in [2.45, 2.75) is 12.1 Å². The van der Waals surface area contributed by atoms with E-state index in [0.29, 0.717) is 22.2 Å². The smallest absolute Gasteiger partial charge is 0.336 e. The van der Waals surface area contributed by atoms with Crippen molar-refractivity contribution in [3.8, 4) is 11.3 Å². The molecule has 2 atom stereocenters. The van der Waals surface area contributed by atoms with Gasteiger partial charge in [0.05, 0.1) is 17.3 Å². The van der Waals surface area contributed by atoms with Crippen molar-refractivity contribution in [3.05, 3.63) is 102 Å². The summed E-state index contributed by atoms with van der Waals surface area (Å²) in [5, 5.41) is 13.6. The molecule has 2 N–H and O–H groups in total. The molecule has 176 valence electrons. The largest absolute Gasteiger partial charge is 0.478 e. The molecule has 1 aliphatic rings. The Labute approximate surface area is 208 Å². The summed E-state index contributed by atoms with van der Waals surface area (Å²) < 4.78 is 6.32. The molecule has 2 aromatic carbocycles. The number of anilines is 2. The monoisotopic (exact) mass is 484 g/mol. The van der Waals surface area contributed by atoms with Gasteiger partial charge in [-0.05, 0) is 66.8 Å². The maximum Gasteiger partial charge on any atom is 0.336 e. The molecule has 1 aliphatic heterocycles. The molecule has 0 amide bonds. The Balaban J connectivity index is 1.60. The normalized spacial score (nSPS) is 17.3. The van der Waals surface area contributed by atoms with Crippen LogP contribution >= 0.6 is 12.2 Å². The first kappa shape index (κ1) is 22.6. The Bertz CT molecular complexity index is 1370. The first-order chi connectivity index (χ1) is 16.9. The molecule has 7 nitrogen and oxygen atoms in total. The van der Waals surface area contributed by atoms with E-state index < -0.39 is 5.97 Å². The summed E-state index contributed by atoms with van der Waals surface area (Å²) in [4.78, 5) is 20.4. The molecule has 2 aromatic heterocycles. The van der Waals surface area contributed by atoms with Crippen LogP contribution in [0.15, 0.2) is 89.5 Å². The van der Waals surface area contributed by atoms with Gasteiger partial charge in [0.2, 0.25) is 0 Å². The Hall–Kier alpha value is -4.17. The predicted octanol–water partition coefficient (Wildman–Crippen LogP) is 5.28. The minimum atomic E-state index is -1.00. The molecule has 0 radical (unpaired) electrons. The van der Waals surface area contributed by atoms with Crippen molar-refractivity contribution >= 4 is 34.7 Å². The number of thiocarbonyl (C=S) groups is 1. The van der Waals surface area contributed by atoms with Gasteiger partial charge in [0.15, 0.2) is 5.11 Å². The Kier molecular flexibility index (Phi) is 5.96. The third-order valence-electron chi connectivity index (χ3n) is 6.08. The summed E-state index contributed by atoms with van der Waals surface area (Å²) in [6.45, 7) is 0. The van der Waals surface area contributed by atoms with Gasteiger partial charge in [0.1, 0.15) is 17.6 Å². The van der Waals surface area contributed by atoms with Crippen molar-refractivity contribution in [3.63, 3.8) is 0 Å². The molecule has 3 heterocycles. The van der Waals surface area contributed by atoms with E-state index in [9.17, 15) is 9.90 Å². The first-order valence-electron chi connectivity index (χ1n) is 11.1. The number of hydrogen-bond acceptors (Lipinski definition) is 5. The van der Waals surface area contributed by atoms with Crippen LogP contribution in [0.25, 0.3) is 11.3 Å². The van der Waals surface area contributed by atoms with Crippen LogP contribution < -0.4 is 15.1 Å². The van der Waals surface area contributed by atoms with Crippen LogP contribution in [0.4, 0.5) is 11.4 Å². The maximum atomic E-state index is 11.8. The Morgan fingerprint density at radius 3 is 2.46 bits per heavy atom. The lowest BCUT2D eigenvalue weighted by molar-refractivity contribution is 0.0697. The summed E-state index contributed by atoms with van der Waals surface area (Å²) in [6.07, 6.45) is 1.75. The average molecular weight is 485 g/mol. The molecule has 5 rings (SSSR count). The van der Waals surface area contributed by atoms with Crippen LogP contribution in [0.1, 0.15) is 33.9 Å². The van der Waals surface area contributed by atoms with Gasteiger partial charge in [-0.15, -0.1) is 0 Å². The standard InChI is InChI=1S/C27H24N4O3S/c1-30(2)17-10-12-18(13-11-17)31-25(24(29-27(31)35)21-9-5-6-16-28-21)23-15-14-22(34-23)19-7-3-4-8-20(19)26(32)33/h3-16,24-25H,1-2H3,(H,29,35)(H,32,33)/t24-,25+/m0/s1. The molecule has 0 unspecified atom stereocenters. The topological polar surface area (TPSA) is 81.8 Å². The number of benzene rings is 2. The molecule has 0 saturated carbocycles. The number of carboxylic acid groups (broad SMARTS) is 1. The summed E-state index contributed by atoms with van der Waals surface area (Å²) in [6, 6.07) is 23.8. The van der Waals surface area contributed by atoms with Crippen molar-refractivity contribution in [2.75, 3.05) is 23.9 Å². The third-order valence-corrected chi connectivity index (χ3v) is 6.40. The fourth-order valence-electron chi connectivity index (χ4n) is 4.37. The van der Waals surface area contributed by atoms with E-state index in [1.165, 1.54) is 0 Å². The number of carboxylic acids is 1. The van der Waals surface area contributed by atoms with Crippen molar-refractivity contribution in [1.29, 1.82) is 0 Å². The minimum absolute atomic E-state index is 0.186. The van der Waals surface area contributed by atoms with E-state index in [2.05, 4.69) is 10.3 Å². The number of nitrogens with zero attached hydrogens (tertiary/aromatic N) is 3. The molecule has 0 bridgehead atoms. The second-order valence-corrected chi connectivity index (χ2v) is 8.85. The lowest BCUT2D eigenvalue weighted by atomic mass is 10.0. The predicted molar refractivity (Wildman–Crippen MR) is 140 cm³/mol. The molecular formula is C27H24N4O3S. The summed E-state index contributed by atoms with van der Waals surface area (Å²) >= 11 is 5.77. The fraction of sp³-hybridized carbons (Fsp3) is 0.148. The summed E-state index contributed by atoms with van der Waals surface area (Å²) in [7, 11) is 3.99. The van der Waals surface area contributed by atoms with E-state index >= 15 is 0 Å². The van der Waals surface area contributed by atoms with Gasteiger partial charge >= 0.3 is 5.97 Å². The number of aromatic carboxylic acids is 1. The lowest BCUT2D eigenvalue weighted by Crippen LogP contribution is -2.29. The number of nitrogens with one attached hydrogen (secondary N) is 1. The van der Waals surface area contributed by atoms with Gasteiger partial charge in [0.25, 0.3) is 0 Å². The summed E-state index contributed by atoms with van der Waals surface area (Å²) in [5.41, 5.74) is 3.54. The van der Waals surface area contributed by atoms with Gasteiger partial charge < -0.3 is 24.6 Å². The second kappa shape index (κ2) is 9.23. The van der Waals surface area contributed by atoms with Crippen LogP contribution in [-0.2, 0) is 0 Å². The zero-order valence-corrected chi connectivity index (χ0v) is 20.1. The van der Waals surface area contributed by atoms with Crippen LogP contribution in [0.2, 0.25) is 0 Å². The van der Waals surface area contributed by atoms with E-state index in [1.807, 2.05) is 72.4 Å². The third kappa shape index (κ3) is 4.24. The first-order valence-corrected chi connectivity index (χ1v) is 11.6. The number of hydrogen-bond donors (Lipinski definition) is 2. The molecule has 1 fully saturated rings. The quantitative estimate of drug-likeness (QED) is 0.358. The minimum Gasteiger partial charge on any atom is -0.478 e. The highest BCUT2D eigenvalue weighted by Crippen LogP contribution is 2.43. The van der Waals surface area contributed by atoms with Crippen molar-refractivity contribution in [2.24, 2.45) is 0 Å². The lowest BCUT2D eigenvalue weighted by Gasteiger charge is -2.26. The number of pyridine rings is 1. The highest BCUT2D eigenvalue weighted by molar-refractivity contribution is 7.80. The van der Waals surface area contributed by atoms with E-state index in [1.54, 1.807) is 36.5 Å². The Morgan fingerprint density at radius 2 is 1.77 bits per heavy atom.